The van der Waals surface area contributed by atoms with E-state index in [4.69, 9.17) is 11.6 Å². The zero-order valence-electron chi connectivity index (χ0n) is 12.4. The molecule has 1 aromatic carbocycles. The number of hydrogen-bond donors (Lipinski definition) is 0. The molecule has 0 N–H and O–H groups in total. The summed E-state index contributed by atoms with van der Waals surface area (Å²) in [7, 11) is 2.08. The molecule has 0 aliphatic heterocycles. The highest BCUT2D eigenvalue weighted by molar-refractivity contribution is 6.17. The van der Waals surface area contributed by atoms with Crippen molar-refractivity contribution >= 4 is 17.4 Å². The van der Waals surface area contributed by atoms with Gasteiger partial charge in [0.15, 0.2) is 0 Å². The summed E-state index contributed by atoms with van der Waals surface area (Å²) in [6.45, 7) is 5.06. The number of alkyl halides is 1. The van der Waals surface area contributed by atoms with E-state index in [2.05, 4.69) is 54.2 Å². The predicted molar refractivity (Wildman–Crippen MR) is 86.7 cm³/mol. The molecule has 0 amide bonds. The Morgan fingerprint density at radius 3 is 2.50 bits per heavy atom. The van der Waals surface area contributed by atoms with Gasteiger partial charge in [-0.2, -0.15) is 0 Å². The minimum atomic E-state index is 0.504. The molecule has 0 saturated carbocycles. The third-order valence-corrected chi connectivity index (χ3v) is 3.79. The molecule has 2 aromatic rings. The molecule has 106 valence electrons. The molecule has 0 radical (unpaired) electrons. The molecule has 0 unspecified atom stereocenters. The van der Waals surface area contributed by atoms with Gasteiger partial charge in [-0.05, 0) is 37.5 Å². The van der Waals surface area contributed by atoms with Crippen LogP contribution in [0.2, 0.25) is 0 Å². The van der Waals surface area contributed by atoms with Crippen LogP contribution < -0.4 is 4.90 Å². The Bertz CT molecular complexity index is 567. The van der Waals surface area contributed by atoms with Gasteiger partial charge >= 0.3 is 0 Å². The van der Waals surface area contributed by atoms with E-state index < -0.39 is 0 Å². The first-order chi connectivity index (χ1) is 9.61. The number of pyridine rings is 1. The van der Waals surface area contributed by atoms with Crippen molar-refractivity contribution in [2.45, 2.75) is 26.1 Å². The molecule has 1 aromatic heterocycles. The standard InChI is InChI=1S/C17H21ClN2/c1-13-11-14(2)19-17(16(13)12-18)20(3)10-9-15-7-5-4-6-8-15/h4-8,11H,9-10,12H2,1-3H3. The van der Waals surface area contributed by atoms with E-state index in [9.17, 15) is 0 Å². The Hall–Kier alpha value is -1.54. The van der Waals surface area contributed by atoms with Crippen molar-refractivity contribution in [2.75, 3.05) is 18.5 Å². The molecule has 0 atom stereocenters. The Morgan fingerprint density at radius 1 is 1.15 bits per heavy atom. The van der Waals surface area contributed by atoms with Crippen molar-refractivity contribution in [3.8, 4) is 0 Å². The van der Waals surface area contributed by atoms with E-state index in [1.165, 1.54) is 11.1 Å². The summed E-state index contributed by atoms with van der Waals surface area (Å²) < 4.78 is 0. The summed E-state index contributed by atoms with van der Waals surface area (Å²) in [6, 6.07) is 12.6. The third kappa shape index (κ3) is 3.51. The minimum Gasteiger partial charge on any atom is -0.359 e. The van der Waals surface area contributed by atoms with Gasteiger partial charge in [0.2, 0.25) is 0 Å². The predicted octanol–water partition coefficient (Wildman–Crippen LogP) is 4.12. The maximum Gasteiger partial charge on any atom is 0.133 e. The lowest BCUT2D eigenvalue weighted by molar-refractivity contribution is 0.848. The van der Waals surface area contributed by atoms with Crippen LogP contribution in [0.4, 0.5) is 5.82 Å². The van der Waals surface area contributed by atoms with Crippen LogP contribution in [0.1, 0.15) is 22.4 Å². The average molecular weight is 289 g/mol. The summed E-state index contributed by atoms with van der Waals surface area (Å²) >= 11 is 6.08. The molecule has 0 saturated heterocycles. The summed E-state index contributed by atoms with van der Waals surface area (Å²) in [6.07, 6.45) is 1.01. The van der Waals surface area contributed by atoms with Crippen LogP contribution in [0, 0.1) is 13.8 Å². The van der Waals surface area contributed by atoms with Crippen LogP contribution in [-0.2, 0) is 12.3 Å². The lowest BCUT2D eigenvalue weighted by Crippen LogP contribution is -2.23. The highest BCUT2D eigenvalue weighted by Crippen LogP contribution is 2.23. The van der Waals surface area contributed by atoms with E-state index in [0.29, 0.717) is 5.88 Å². The molecule has 2 nitrogen and oxygen atoms in total. The monoisotopic (exact) mass is 288 g/mol. The van der Waals surface area contributed by atoms with E-state index >= 15 is 0 Å². The van der Waals surface area contributed by atoms with Crippen LogP contribution in [0.5, 0.6) is 0 Å². The molecular weight excluding hydrogens is 268 g/mol. The fourth-order valence-electron chi connectivity index (χ4n) is 2.37. The molecule has 20 heavy (non-hydrogen) atoms. The third-order valence-electron chi connectivity index (χ3n) is 3.53. The second-order valence-corrected chi connectivity index (χ2v) is 5.44. The smallest absolute Gasteiger partial charge is 0.133 e. The second kappa shape index (κ2) is 6.76. The Kier molecular flexibility index (Phi) is 5.02. The molecule has 2 rings (SSSR count). The van der Waals surface area contributed by atoms with Gasteiger partial charge in [-0.1, -0.05) is 30.3 Å². The number of likely N-dealkylation sites (N-methyl/N-ethyl adjacent to an activating group) is 1. The van der Waals surface area contributed by atoms with Gasteiger partial charge < -0.3 is 4.90 Å². The maximum absolute atomic E-state index is 6.08. The van der Waals surface area contributed by atoms with E-state index in [-0.39, 0.29) is 0 Å². The van der Waals surface area contributed by atoms with Gasteiger partial charge in [0.05, 0.1) is 5.88 Å². The Balaban J connectivity index is 2.14. The molecule has 0 spiro atoms. The van der Waals surface area contributed by atoms with Gasteiger partial charge in [-0.25, -0.2) is 4.98 Å². The summed E-state index contributed by atoms with van der Waals surface area (Å²) in [4.78, 5) is 6.86. The number of anilines is 1. The maximum atomic E-state index is 6.08. The minimum absolute atomic E-state index is 0.504. The Morgan fingerprint density at radius 2 is 1.85 bits per heavy atom. The van der Waals surface area contributed by atoms with Crippen LogP contribution >= 0.6 is 11.6 Å². The van der Waals surface area contributed by atoms with Crippen LogP contribution in [0.25, 0.3) is 0 Å². The van der Waals surface area contributed by atoms with Crippen molar-refractivity contribution in [1.82, 2.24) is 4.98 Å². The SMILES string of the molecule is Cc1cc(C)c(CCl)c(N(C)CCc2ccccc2)n1. The number of hydrogen-bond acceptors (Lipinski definition) is 2. The first-order valence-electron chi connectivity index (χ1n) is 6.90. The fraction of sp³-hybridized carbons (Fsp3) is 0.353. The van der Waals surface area contributed by atoms with Gasteiger partial charge in [-0.3, -0.25) is 0 Å². The van der Waals surface area contributed by atoms with Crippen LogP contribution in [0.3, 0.4) is 0 Å². The summed E-state index contributed by atoms with van der Waals surface area (Å²) in [5, 5.41) is 0. The number of nitrogens with zero attached hydrogens (tertiary/aromatic N) is 2. The highest BCUT2D eigenvalue weighted by atomic mass is 35.5. The number of aromatic nitrogens is 1. The second-order valence-electron chi connectivity index (χ2n) is 5.17. The zero-order chi connectivity index (χ0) is 14.5. The van der Waals surface area contributed by atoms with Crippen LogP contribution in [-0.4, -0.2) is 18.6 Å². The fourth-order valence-corrected chi connectivity index (χ4v) is 2.70. The van der Waals surface area contributed by atoms with Crippen molar-refractivity contribution in [2.24, 2.45) is 0 Å². The topological polar surface area (TPSA) is 16.1 Å². The molecule has 0 aliphatic rings. The number of aryl methyl sites for hydroxylation is 2. The summed E-state index contributed by atoms with van der Waals surface area (Å²) in [5.74, 6) is 1.51. The van der Waals surface area contributed by atoms with Crippen molar-refractivity contribution in [3.63, 3.8) is 0 Å². The normalized spacial score (nSPS) is 10.6. The van der Waals surface area contributed by atoms with Gasteiger partial charge in [-0.15, -0.1) is 11.6 Å². The first-order valence-corrected chi connectivity index (χ1v) is 7.43. The molecule has 0 aliphatic carbocycles. The molecule has 1 heterocycles. The lowest BCUT2D eigenvalue weighted by atomic mass is 10.1. The molecule has 0 bridgehead atoms. The summed E-state index contributed by atoms with van der Waals surface area (Å²) in [5.41, 5.74) is 4.73. The molecular formula is C17H21ClN2. The van der Waals surface area contributed by atoms with Gasteiger partial charge in [0.1, 0.15) is 5.82 Å². The van der Waals surface area contributed by atoms with Gasteiger partial charge in [0, 0.05) is 24.8 Å². The van der Waals surface area contributed by atoms with Crippen LogP contribution in [0.15, 0.2) is 36.4 Å². The zero-order valence-corrected chi connectivity index (χ0v) is 13.1. The van der Waals surface area contributed by atoms with Gasteiger partial charge in [0.25, 0.3) is 0 Å². The number of rotatable bonds is 5. The van der Waals surface area contributed by atoms with Crippen molar-refractivity contribution < 1.29 is 0 Å². The van der Waals surface area contributed by atoms with E-state index in [0.717, 1.165) is 30.0 Å². The van der Waals surface area contributed by atoms with Crippen molar-refractivity contribution in [1.29, 1.82) is 0 Å². The highest BCUT2D eigenvalue weighted by Gasteiger charge is 2.12. The van der Waals surface area contributed by atoms with E-state index in [1.54, 1.807) is 0 Å². The Labute approximate surface area is 126 Å². The van der Waals surface area contributed by atoms with E-state index in [1.807, 2.05) is 13.0 Å². The largest absolute Gasteiger partial charge is 0.359 e. The molecule has 0 fully saturated rings. The number of halogens is 1. The quantitative estimate of drug-likeness (QED) is 0.770. The average Bonchev–Trinajstić information content (AvgIpc) is 2.45. The molecule has 3 heteroatoms. The first kappa shape index (κ1) is 14.9. The van der Waals surface area contributed by atoms with Crippen molar-refractivity contribution in [3.05, 3.63) is 58.8 Å². The lowest BCUT2D eigenvalue weighted by Gasteiger charge is -2.22. The number of benzene rings is 1.